The van der Waals surface area contributed by atoms with Crippen LogP contribution >= 0.6 is 0 Å². The Bertz CT molecular complexity index is 225. The summed E-state index contributed by atoms with van der Waals surface area (Å²) in [6, 6.07) is 0. The lowest BCUT2D eigenvalue weighted by molar-refractivity contribution is -0.191. The third-order valence-electron chi connectivity index (χ3n) is 3.32. The lowest BCUT2D eigenvalue weighted by atomic mass is 9.78. The van der Waals surface area contributed by atoms with Gasteiger partial charge in [-0.1, -0.05) is 0 Å². The second-order valence-corrected chi connectivity index (χ2v) is 4.71. The van der Waals surface area contributed by atoms with Gasteiger partial charge in [0, 0.05) is 20.2 Å². The third-order valence-corrected chi connectivity index (χ3v) is 3.32. The number of halogens is 3. The van der Waals surface area contributed by atoms with Gasteiger partial charge in [0.05, 0.1) is 18.1 Å². The minimum Gasteiger partial charge on any atom is -0.389 e. The fourth-order valence-electron chi connectivity index (χ4n) is 2.15. The van der Waals surface area contributed by atoms with Crippen LogP contribution < -0.4 is 5.32 Å². The van der Waals surface area contributed by atoms with Crippen LogP contribution in [0.15, 0.2) is 0 Å². The van der Waals surface area contributed by atoms with Crippen molar-refractivity contribution in [1.82, 2.24) is 5.32 Å². The van der Waals surface area contributed by atoms with Crippen LogP contribution in [0.3, 0.4) is 0 Å². The van der Waals surface area contributed by atoms with Gasteiger partial charge in [-0.05, 0) is 25.7 Å². The molecule has 0 bridgehead atoms. The van der Waals surface area contributed by atoms with E-state index in [0.29, 0.717) is 19.7 Å². The summed E-state index contributed by atoms with van der Waals surface area (Å²) in [6.07, 6.45) is -3.67. The summed E-state index contributed by atoms with van der Waals surface area (Å²) in [5.74, 6) is -1.25. The molecule has 0 amide bonds. The highest BCUT2D eigenvalue weighted by Gasteiger charge is 2.44. The van der Waals surface area contributed by atoms with E-state index in [1.165, 1.54) is 0 Å². The van der Waals surface area contributed by atoms with Gasteiger partial charge in [-0.3, -0.25) is 0 Å². The van der Waals surface area contributed by atoms with E-state index in [9.17, 15) is 18.3 Å². The van der Waals surface area contributed by atoms with Crippen LogP contribution in [0.25, 0.3) is 0 Å². The second-order valence-electron chi connectivity index (χ2n) is 4.71. The van der Waals surface area contributed by atoms with Gasteiger partial charge in [-0.15, -0.1) is 0 Å². The number of hydrogen-bond acceptors (Lipinski definition) is 3. The van der Waals surface area contributed by atoms with E-state index in [-0.39, 0.29) is 25.7 Å². The van der Waals surface area contributed by atoms with Crippen molar-refractivity contribution in [2.24, 2.45) is 5.92 Å². The lowest BCUT2D eigenvalue weighted by Crippen LogP contribution is -2.46. The smallest absolute Gasteiger partial charge is 0.389 e. The molecule has 1 aliphatic carbocycles. The molecule has 0 unspecified atom stereocenters. The molecular weight excluding hydrogens is 235 g/mol. The van der Waals surface area contributed by atoms with E-state index < -0.39 is 17.7 Å². The van der Waals surface area contributed by atoms with Crippen LogP contribution in [0.2, 0.25) is 0 Å². The summed E-state index contributed by atoms with van der Waals surface area (Å²) in [7, 11) is 1.57. The molecule has 2 N–H and O–H groups in total. The average molecular weight is 255 g/mol. The molecule has 0 radical (unpaired) electrons. The van der Waals surface area contributed by atoms with Crippen LogP contribution in [0.5, 0.6) is 0 Å². The van der Waals surface area contributed by atoms with Gasteiger partial charge in [-0.25, -0.2) is 0 Å². The molecule has 17 heavy (non-hydrogen) atoms. The number of rotatable bonds is 5. The van der Waals surface area contributed by atoms with Crippen molar-refractivity contribution in [3.05, 3.63) is 0 Å². The van der Waals surface area contributed by atoms with Gasteiger partial charge < -0.3 is 15.2 Å². The Morgan fingerprint density at radius 1 is 1.35 bits per heavy atom. The molecule has 0 aliphatic heterocycles. The zero-order chi connectivity index (χ0) is 12.9. The average Bonchev–Trinajstić information content (AvgIpc) is 2.24. The largest absolute Gasteiger partial charge is 0.391 e. The Hall–Kier alpha value is -0.330. The summed E-state index contributed by atoms with van der Waals surface area (Å²) in [5.41, 5.74) is -0.991. The first-order valence-corrected chi connectivity index (χ1v) is 5.86. The van der Waals surface area contributed by atoms with E-state index in [4.69, 9.17) is 4.74 Å². The Kier molecular flexibility index (Phi) is 5.22. The van der Waals surface area contributed by atoms with E-state index in [1.54, 1.807) is 7.11 Å². The number of methoxy groups -OCH3 is 1. The predicted octanol–water partition coefficient (Wildman–Crippen LogP) is 1.71. The molecule has 0 heterocycles. The monoisotopic (exact) mass is 255 g/mol. The van der Waals surface area contributed by atoms with E-state index >= 15 is 0 Å². The summed E-state index contributed by atoms with van der Waals surface area (Å²) < 4.78 is 42.1. The van der Waals surface area contributed by atoms with E-state index in [0.717, 1.165) is 0 Å². The molecule has 1 fully saturated rings. The summed E-state index contributed by atoms with van der Waals surface area (Å²) >= 11 is 0. The van der Waals surface area contributed by atoms with Crippen LogP contribution in [0.1, 0.15) is 25.7 Å². The zero-order valence-corrected chi connectivity index (χ0v) is 10.0. The van der Waals surface area contributed by atoms with Crippen molar-refractivity contribution in [1.29, 1.82) is 0 Å². The minimum atomic E-state index is -4.12. The van der Waals surface area contributed by atoms with Crippen molar-refractivity contribution >= 4 is 0 Å². The maximum atomic E-state index is 12.4. The molecule has 3 nitrogen and oxygen atoms in total. The quantitative estimate of drug-likeness (QED) is 0.735. The molecule has 0 saturated heterocycles. The molecule has 0 aromatic rings. The number of alkyl halides is 3. The van der Waals surface area contributed by atoms with Crippen LogP contribution in [0, 0.1) is 5.92 Å². The van der Waals surface area contributed by atoms with Gasteiger partial charge >= 0.3 is 6.18 Å². The van der Waals surface area contributed by atoms with Gasteiger partial charge in [0.1, 0.15) is 0 Å². The number of nitrogens with one attached hydrogen (secondary N) is 1. The molecule has 1 aliphatic rings. The van der Waals surface area contributed by atoms with Gasteiger partial charge in [0.2, 0.25) is 0 Å². The van der Waals surface area contributed by atoms with E-state index in [2.05, 4.69) is 5.32 Å². The van der Waals surface area contributed by atoms with Crippen molar-refractivity contribution in [2.75, 3.05) is 26.8 Å². The first kappa shape index (κ1) is 14.7. The van der Waals surface area contributed by atoms with Crippen molar-refractivity contribution < 1.29 is 23.0 Å². The van der Waals surface area contributed by atoms with Gasteiger partial charge in [-0.2, -0.15) is 13.2 Å². The fraction of sp³-hybridized carbons (Fsp3) is 1.00. The van der Waals surface area contributed by atoms with Gasteiger partial charge in [0.25, 0.3) is 0 Å². The topological polar surface area (TPSA) is 41.5 Å². The molecule has 0 atom stereocenters. The summed E-state index contributed by atoms with van der Waals surface area (Å²) in [5, 5.41) is 13.1. The van der Waals surface area contributed by atoms with Crippen LogP contribution in [-0.4, -0.2) is 43.7 Å². The van der Waals surface area contributed by atoms with Crippen molar-refractivity contribution in [3.8, 4) is 0 Å². The van der Waals surface area contributed by atoms with Crippen molar-refractivity contribution in [2.45, 2.75) is 37.5 Å². The van der Waals surface area contributed by atoms with Crippen LogP contribution in [0.4, 0.5) is 13.2 Å². The second kappa shape index (κ2) is 6.02. The summed E-state index contributed by atoms with van der Waals surface area (Å²) in [6.45, 7) is 1.46. The number of ether oxygens (including phenoxy) is 1. The Morgan fingerprint density at radius 3 is 2.41 bits per heavy atom. The maximum Gasteiger partial charge on any atom is 0.391 e. The fourth-order valence-corrected chi connectivity index (χ4v) is 2.15. The molecule has 0 spiro atoms. The highest BCUT2D eigenvalue weighted by molar-refractivity contribution is 4.89. The standard InChI is InChI=1S/C11H20F3NO2/c1-17-7-6-15-8-10(16)4-2-9(3-5-10)11(12,13)14/h9,15-16H,2-8H2,1H3. The highest BCUT2D eigenvalue weighted by atomic mass is 19.4. The number of hydrogen-bond donors (Lipinski definition) is 2. The first-order valence-electron chi connectivity index (χ1n) is 5.86. The first-order chi connectivity index (χ1) is 7.87. The molecule has 0 aromatic heterocycles. The molecule has 6 heteroatoms. The van der Waals surface area contributed by atoms with Gasteiger partial charge in [0.15, 0.2) is 0 Å². The minimum absolute atomic E-state index is 0.0198. The SMILES string of the molecule is COCCNCC1(O)CCC(C(F)(F)F)CC1. The molecule has 1 rings (SSSR count). The van der Waals surface area contributed by atoms with Crippen molar-refractivity contribution in [3.63, 3.8) is 0 Å². The Morgan fingerprint density at radius 2 is 1.94 bits per heavy atom. The third kappa shape index (κ3) is 4.81. The molecule has 0 aromatic carbocycles. The molecule has 102 valence electrons. The maximum absolute atomic E-state index is 12.4. The Labute approximate surface area is 99.3 Å². The predicted molar refractivity (Wildman–Crippen MR) is 57.7 cm³/mol. The zero-order valence-electron chi connectivity index (χ0n) is 10.0. The normalized spacial score (nSPS) is 30.5. The summed E-state index contributed by atoms with van der Waals surface area (Å²) in [4.78, 5) is 0. The molecule has 1 saturated carbocycles. The lowest BCUT2D eigenvalue weighted by Gasteiger charge is -2.36. The van der Waals surface area contributed by atoms with Crippen LogP contribution in [-0.2, 0) is 4.74 Å². The van der Waals surface area contributed by atoms with E-state index in [1.807, 2.05) is 0 Å². The Balaban J connectivity index is 2.29. The highest BCUT2D eigenvalue weighted by Crippen LogP contribution is 2.40. The molecular formula is C11H20F3NO2. The number of aliphatic hydroxyl groups is 1.